The molecule has 1 aliphatic carbocycles. The van der Waals surface area contributed by atoms with Gasteiger partial charge in [-0.15, -0.1) is 0 Å². The van der Waals surface area contributed by atoms with Crippen molar-refractivity contribution in [1.29, 1.82) is 0 Å². The van der Waals surface area contributed by atoms with Gasteiger partial charge in [0.15, 0.2) is 0 Å². The summed E-state index contributed by atoms with van der Waals surface area (Å²) in [6.07, 6.45) is 5.91. The smallest absolute Gasteiger partial charge is 0.331 e. The Kier molecular flexibility index (Phi) is 3.55. The largest absolute Gasteiger partial charge is 0.457 e. The second-order valence-corrected chi connectivity index (χ2v) is 5.81. The summed E-state index contributed by atoms with van der Waals surface area (Å²) in [5.74, 6) is 0.475. The van der Waals surface area contributed by atoms with Crippen molar-refractivity contribution in [2.75, 3.05) is 0 Å². The van der Waals surface area contributed by atoms with Gasteiger partial charge in [-0.3, -0.25) is 0 Å². The first-order valence-electron chi connectivity index (χ1n) is 6.45. The summed E-state index contributed by atoms with van der Waals surface area (Å²) in [4.78, 5) is 11.5. The van der Waals surface area contributed by atoms with Crippen molar-refractivity contribution in [3.05, 3.63) is 41.5 Å². The minimum absolute atomic E-state index is 0.297. The summed E-state index contributed by atoms with van der Waals surface area (Å²) in [6.45, 7) is 5.59. The van der Waals surface area contributed by atoms with Gasteiger partial charge in [-0.05, 0) is 56.7 Å². The van der Waals surface area contributed by atoms with Gasteiger partial charge in [-0.1, -0.05) is 24.3 Å². The SMILES string of the molecule is CC(C)(C)OC(=O)/C=C/c1ccc(C2CC2)cc1. The predicted molar refractivity (Wildman–Crippen MR) is 73.3 cm³/mol. The molecule has 0 aliphatic heterocycles. The molecule has 0 amide bonds. The van der Waals surface area contributed by atoms with Crippen molar-refractivity contribution in [2.24, 2.45) is 0 Å². The van der Waals surface area contributed by atoms with Gasteiger partial charge in [0, 0.05) is 6.08 Å². The highest BCUT2D eigenvalue weighted by molar-refractivity contribution is 5.87. The van der Waals surface area contributed by atoms with Gasteiger partial charge in [-0.25, -0.2) is 4.79 Å². The van der Waals surface area contributed by atoms with Crippen LogP contribution in [0.3, 0.4) is 0 Å². The minimum atomic E-state index is -0.433. The fraction of sp³-hybridized carbons (Fsp3) is 0.438. The van der Waals surface area contributed by atoms with Crippen LogP contribution in [0.25, 0.3) is 6.08 Å². The lowest BCUT2D eigenvalue weighted by Gasteiger charge is -2.17. The summed E-state index contributed by atoms with van der Waals surface area (Å²) >= 11 is 0. The molecular weight excluding hydrogens is 224 g/mol. The number of hydrogen-bond donors (Lipinski definition) is 0. The summed E-state index contributed by atoms with van der Waals surface area (Å²) in [5.41, 5.74) is 2.01. The molecular formula is C16H20O2. The zero-order valence-corrected chi connectivity index (χ0v) is 11.3. The molecule has 96 valence electrons. The number of hydrogen-bond acceptors (Lipinski definition) is 2. The molecule has 0 aromatic heterocycles. The normalized spacial score (nSPS) is 15.9. The van der Waals surface area contributed by atoms with Gasteiger partial charge in [0.05, 0.1) is 0 Å². The molecule has 1 saturated carbocycles. The Balaban J connectivity index is 1.93. The zero-order valence-electron chi connectivity index (χ0n) is 11.3. The first-order valence-corrected chi connectivity index (χ1v) is 6.45. The maximum absolute atomic E-state index is 11.5. The van der Waals surface area contributed by atoms with Crippen molar-refractivity contribution in [3.8, 4) is 0 Å². The van der Waals surface area contributed by atoms with Crippen LogP contribution in [0.5, 0.6) is 0 Å². The van der Waals surface area contributed by atoms with E-state index in [0.29, 0.717) is 0 Å². The molecule has 2 nitrogen and oxygen atoms in total. The zero-order chi connectivity index (χ0) is 13.2. The summed E-state index contributed by atoms with van der Waals surface area (Å²) in [7, 11) is 0. The third-order valence-electron chi connectivity index (χ3n) is 2.80. The monoisotopic (exact) mass is 244 g/mol. The number of carbonyl (C=O) groups is 1. The van der Waals surface area contributed by atoms with E-state index in [1.54, 1.807) is 6.08 Å². The van der Waals surface area contributed by atoms with Crippen LogP contribution in [0, 0.1) is 0 Å². The average Bonchev–Trinajstić information content (AvgIpc) is 3.08. The Morgan fingerprint density at radius 1 is 1.22 bits per heavy atom. The number of carbonyl (C=O) groups excluding carboxylic acids is 1. The van der Waals surface area contributed by atoms with Gasteiger partial charge in [-0.2, -0.15) is 0 Å². The maximum Gasteiger partial charge on any atom is 0.331 e. The van der Waals surface area contributed by atoms with Gasteiger partial charge < -0.3 is 4.74 Å². The van der Waals surface area contributed by atoms with E-state index in [1.165, 1.54) is 24.5 Å². The highest BCUT2D eigenvalue weighted by Gasteiger charge is 2.22. The fourth-order valence-electron chi connectivity index (χ4n) is 1.80. The molecule has 0 radical (unpaired) electrons. The van der Waals surface area contributed by atoms with Crippen LogP contribution in [0.4, 0.5) is 0 Å². The van der Waals surface area contributed by atoms with Crippen LogP contribution >= 0.6 is 0 Å². The van der Waals surface area contributed by atoms with Crippen LogP contribution in [0.2, 0.25) is 0 Å². The Morgan fingerprint density at radius 3 is 2.33 bits per heavy atom. The lowest BCUT2D eigenvalue weighted by atomic mass is 10.1. The molecule has 0 N–H and O–H groups in total. The van der Waals surface area contributed by atoms with E-state index in [-0.39, 0.29) is 5.97 Å². The van der Waals surface area contributed by atoms with E-state index < -0.39 is 5.60 Å². The lowest BCUT2D eigenvalue weighted by molar-refractivity contribution is -0.148. The summed E-state index contributed by atoms with van der Waals surface area (Å²) in [6, 6.07) is 8.39. The Bertz CT molecular complexity index is 445. The lowest BCUT2D eigenvalue weighted by Crippen LogP contribution is -2.22. The molecule has 0 unspecified atom stereocenters. The summed E-state index contributed by atoms with van der Waals surface area (Å²) in [5, 5.41) is 0. The van der Waals surface area contributed by atoms with Gasteiger partial charge in [0.25, 0.3) is 0 Å². The van der Waals surface area contributed by atoms with Crippen molar-refractivity contribution in [2.45, 2.75) is 45.1 Å². The van der Waals surface area contributed by atoms with E-state index in [0.717, 1.165) is 11.5 Å². The van der Waals surface area contributed by atoms with Crippen LogP contribution in [0.1, 0.15) is 50.7 Å². The molecule has 0 atom stereocenters. The Labute approximate surface area is 109 Å². The van der Waals surface area contributed by atoms with E-state index >= 15 is 0 Å². The quantitative estimate of drug-likeness (QED) is 0.595. The third-order valence-corrected chi connectivity index (χ3v) is 2.80. The van der Waals surface area contributed by atoms with Crippen molar-refractivity contribution >= 4 is 12.0 Å². The molecule has 0 heterocycles. The van der Waals surface area contributed by atoms with Crippen molar-refractivity contribution in [1.82, 2.24) is 0 Å². The average molecular weight is 244 g/mol. The number of esters is 1. The molecule has 2 rings (SSSR count). The van der Waals surface area contributed by atoms with E-state index in [1.807, 2.05) is 20.8 Å². The minimum Gasteiger partial charge on any atom is -0.457 e. The van der Waals surface area contributed by atoms with Crippen LogP contribution in [0.15, 0.2) is 30.3 Å². The molecule has 18 heavy (non-hydrogen) atoms. The number of benzene rings is 1. The van der Waals surface area contributed by atoms with Gasteiger partial charge in [0.2, 0.25) is 0 Å². The van der Waals surface area contributed by atoms with Crippen LogP contribution < -0.4 is 0 Å². The molecule has 2 heteroatoms. The maximum atomic E-state index is 11.5. The first kappa shape index (κ1) is 12.9. The molecule has 0 spiro atoms. The Morgan fingerprint density at radius 2 is 1.83 bits per heavy atom. The third kappa shape index (κ3) is 4.02. The Hall–Kier alpha value is -1.57. The van der Waals surface area contributed by atoms with E-state index in [4.69, 9.17) is 4.74 Å². The molecule has 0 bridgehead atoms. The van der Waals surface area contributed by atoms with Gasteiger partial charge >= 0.3 is 5.97 Å². The highest BCUT2D eigenvalue weighted by atomic mass is 16.6. The molecule has 1 aromatic rings. The first-order chi connectivity index (χ1) is 8.44. The van der Waals surface area contributed by atoms with Crippen LogP contribution in [-0.2, 0) is 9.53 Å². The summed E-state index contributed by atoms with van der Waals surface area (Å²) < 4.78 is 5.21. The predicted octanol–water partition coefficient (Wildman–Crippen LogP) is 3.92. The van der Waals surface area contributed by atoms with E-state index in [2.05, 4.69) is 24.3 Å². The molecule has 1 aliphatic rings. The molecule has 1 aromatic carbocycles. The number of rotatable bonds is 3. The van der Waals surface area contributed by atoms with Gasteiger partial charge in [0.1, 0.15) is 5.60 Å². The fourth-order valence-corrected chi connectivity index (χ4v) is 1.80. The molecule has 1 fully saturated rings. The molecule has 0 saturated heterocycles. The van der Waals surface area contributed by atoms with Crippen molar-refractivity contribution in [3.63, 3.8) is 0 Å². The van der Waals surface area contributed by atoms with Crippen LogP contribution in [-0.4, -0.2) is 11.6 Å². The van der Waals surface area contributed by atoms with Crippen molar-refractivity contribution < 1.29 is 9.53 Å². The topological polar surface area (TPSA) is 26.3 Å². The van der Waals surface area contributed by atoms with E-state index in [9.17, 15) is 4.79 Å². The standard InChI is InChI=1S/C16H20O2/c1-16(2,3)18-15(17)11-6-12-4-7-13(8-5-12)14-9-10-14/h4-8,11,14H,9-10H2,1-3H3/b11-6+. The second-order valence-electron chi connectivity index (χ2n) is 5.81. The second kappa shape index (κ2) is 4.97. The number of ether oxygens (including phenoxy) is 1. The highest BCUT2D eigenvalue weighted by Crippen LogP contribution is 2.39.